The van der Waals surface area contributed by atoms with Crippen LogP contribution in [-0.4, -0.2) is 36.1 Å². The summed E-state index contributed by atoms with van der Waals surface area (Å²) in [7, 11) is 0. The van der Waals surface area contributed by atoms with E-state index in [1.165, 1.54) is 38.6 Å². The molecule has 0 saturated carbocycles. The average molecular weight is 226 g/mol. The Morgan fingerprint density at radius 2 is 1.81 bits per heavy atom. The Morgan fingerprint density at radius 1 is 1.19 bits per heavy atom. The summed E-state index contributed by atoms with van der Waals surface area (Å²) in [6.45, 7) is 11.6. The second-order valence-electron chi connectivity index (χ2n) is 5.37. The molecule has 0 aliphatic carbocycles. The van der Waals surface area contributed by atoms with Crippen LogP contribution in [0.2, 0.25) is 0 Å². The molecule has 1 aliphatic heterocycles. The van der Waals surface area contributed by atoms with Crippen LogP contribution < -0.4 is 5.32 Å². The topological polar surface area (TPSA) is 15.3 Å². The summed E-state index contributed by atoms with van der Waals surface area (Å²) in [5.41, 5.74) is 0. The molecule has 0 spiro atoms. The molecule has 1 N–H and O–H groups in total. The zero-order chi connectivity index (χ0) is 12.0. The van der Waals surface area contributed by atoms with E-state index < -0.39 is 0 Å². The summed E-state index contributed by atoms with van der Waals surface area (Å²) in [5, 5.41) is 3.63. The molecule has 0 aromatic carbocycles. The van der Waals surface area contributed by atoms with Gasteiger partial charge in [-0.3, -0.25) is 4.90 Å². The van der Waals surface area contributed by atoms with Crippen LogP contribution in [0.3, 0.4) is 0 Å². The highest BCUT2D eigenvalue weighted by Crippen LogP contribution is 2.22. The first-order valence-corrected chi connectivity index (χ1v) is 7.18. The lowest BCUT2D eigenvalue weighted by Gasteiger charge is -2.41. The van der Waals surface area contributed by atoms with Crippen LogP contribution in [-0.2, 0) is 0 Å². The van der Waals surface area contributed by atoms with Crippen LogP contribution in [0.4, 0.5) is 0 Å². The minimum Gasteiger partial charge on any atom is -0.313 e. The second kappa shape index (κ2) is 7.29. The van der Waals surface area contributed by atoms with Gasteiger partial charge in [-0.25, -0.2) is 0 Å². The highest BCUT2D eigenvalue weighted by Gasteiger charge is 2.26. The van der Waals surface area contributed by atoms with Crippen molar-refractivity contribution >= 4 is 0 Å². The van der Waals surface area contributed by atoms with Gasteiger partial charge in [0.15, 0.2) is 0 Å². The van der Waals surface area contributed by atoms with Gasteiger partial charge in [-0.2, -0.15) is 0 Å². The molecule has 1 aliphatic rings. The SMILES string of the molecule is CCCC(CN1[C@H](C)CCC[C@@H]1C)NCC. The van der Waals surface area contributed by atoms with E-state index in [2.05, 4.69) is 37.9 Å². The largest absolute Gasteiger partial charge is 0.313 e. The van der Waals surface area contributed by atoms with Crippen LogP contribution in [0.25, 0.3) is 0 Å². The first kappa shape index (κ1) is 14.0. The molecule has 0 amide bonds. The zero-order valence-electron chi connectivity index (χ0n) is 11.6. The number of piperidine rings is 1. The molecule has 2 nitrogen and oxygen atoms in total. The van der Waals surface area contributed by atoms with Gasteiger partial charge in [-0.05, 0) is 39.7 Å². The number of nitrogens with one attached hydrogen (secondary N) is 1. The monoisotopic (exact) mass is 226 g/mol. The molecular weight excluding hydrogens is 196 g/mol. The number of hydrogen-bond donors (Lipinski definition) is 1. The van der Waals surface area contributed by atoms with E-state index >= 15 is 0 Å². The van der Waals surface area contributed by atoms with E-state index in [1.54, 1.807) is 0 Å². The van der Waals surface area contributed by atoms with Crippen molar-refractivity contribution in [2.75, 3.05) is 13.1 Å². The van der Waals surface area contributed by atoms with Crippen molar-refractivity contribution in [3.63, 3.8) is 0 Å². The van der Waals surface area contributed by atoms with Gasteiger partial charge < -0.3 is 5.32 Å². The van der Waals surface area contributed by atoms with Gasteiger partial charge in [0, 0.05) is 24.7 Å². The molecule has 3 atom stereocenters. The zero-order valence-corrected chi connectivity index (χ0v) is 11.6. The molecule has 0 bridgehead atoms. The van der Waals surface area contributed by atoms with E-state index in [0.717, 1.165) is 18.6 Å². The minimum absolute atomic E-state index is 0.693. The molecule has 1 saturated heterocycles. The van der Waals surface area contributed by atoms with Gasteiger partial charge in [0.25, 0.3) is 0 Å². The highest BCUT2D eigenvalue weighted by molar-refractivity contribution is 4.83. The van der Waals surface area contributed by atoms with Crippen LogP contribution in [0.15, 0.2) is 0 Å². The predicted octanol–water partition coefficient (Wildman–Crippen LogP) is 3.03. The highest BCUT2D eigenvalue weighted by atomic mass is 15.2. The quantitative estimate of drug-likeness (QED) is 0.749. The lowest BCUT2D eigenvalue weighted by molar-refractivity contribution is 0.0896. The van der Waals surface area contributed by atoms with Crippen molar-refractivity contribution in [2.24, 2.45) is 0 Å². The van der Waals surface area contributed by atoms with Crippen molar-refractivity contribution in [2.45, 2.75) is 77.9 Å². The fourth-order valence-electron chi connectivity index (χ4n) is 2.98. The third-order valence-corrected chi connectivity index (χ3v) is 3.94. The van der Waals surface area contributed by atoms with Gasteiger partial charge in [0.1, 0.15) is 0 Å². The summed E-state index contributed by atoms with van der Waals surface area (Å²) in [6.07, 6.45) is 6.78. The third-order valence-electron chi connectivity index (χ3n) is 3.94. The maximum absolute atomic E-state index is 3.63. The van der Waals surface area contributed by atoms with Crippen molar-refractivity contribution in [3.8, 4) is 0 Å². The molecule has 0 radical (unpaired) electrons. The van der Waals surface area contributed by atoms with Gasteiger partial charge in [-0.15, -0.1) is 0 Å². The number of likely N-dealkylation sites (N-methyl/N-ethyl adjacent to an activating group) is 1. The Kier molecular flexibility index (Phi) is 6.37. The summed E-state index contributed by atoms with van der Waals surface area (Å²) < 4.78 is 0. The Morgan fingerprint density at radius 3 is 2.31 bits per heavy atom. The fraction of sp³-hybridized carbons (Fsp3) is 1.00. The van der Waals surface area contributed by atoms with Gasteiger partial charge in [0.2, 0.25) is 0 Å². The van der Waals surface area contributed by atoms with Crippen molar-refractivity contribution in [3.05, 3.63) is 0 Å². The predicted molar refractivity (Wildman–Crippen MR) is 71.9 cm³/mol. The maximum Gasteiger partial charge on any atom is 0.0195 e. The Balaban J connectivity index is 2.46. The lowest BCUT2D eigenvalue weighted by atomic mass is 9.96. The van der Waals surface area contributed by atoms with Crippen LogP contribution in [0.5, 0.6) is 0 Å². The second-order valence-corrected chi connectivity index (χ2v) is 5.37. The first-order valence-electron chi connectivity index (χ1n) is 7.18. The molecule has 0 aromatic heterocycles. The summed E-state index contributed by atoms with van der Waals surface area (Å²) in [4.78, 5) is 2.71. The maximum atomic E-state index is 3.63. The Labute approximate surface area is 102 Å². The third kappa shape index (κ3) is 4.06. The smallest absolute Gasteiger partial charge is 0.0195 e. The Bertz CT molecular complexity index is 166. The molecule has 1 unspecified atom stereocenters. The van der Waals surface area contributed by atoms with Crippen LogP contribution >= 0.6 is 0 Å². The average Bonchev–Trinajstić information content (AvgIpc) is 2.24. The van der Waals surface area contributed by atoms with E-state index in [-0.39, 0.29) is 0 Å². The summed E-state index contributed by atoms with van der Waals surface area (Å²) >= 11 is 0. The first-order chi connectivity index (χ1) is 7.69. The summed E-state index contributed by atoms with van der Waals surface area (Å²) in [5.74, 6) is 0. The van der Waals surface area contributed by atoms with Crippen molar-refractivity contribution in [1.29, 1.82) is 0 Å². The molecule has 1 heterocycles. The number of nitrogens with zero attached hydrogens (tertiary/aromatic N) is 1. The van der Waals surface area contributed by atoms with Crippen molar-refractivity contribution in [1.82, 2.24) is 10.2 Å². The number of hydrogen-bond acceptors (Lipinski definition) is 2. The van der Waals surface area contributed by atoms with Crippen LogP contribution in [0.1, 0.15) is 59.8 Å². The standard InChI is InChI=1S/C14H30N2/c1-5-8-14(15-6-2)11-16-12(3)9-7-10-13(16)4/h12-15H,5-11H2,1-4H3/t12-,13+,14?. The van der Waals surface area contributed by atoms with Gasteiger partial charge in [-0.1, -0.05) is 26.7 Å². The van der Waals surface area contributed by atoms with Gasteiger partial charge in [0.05, 0.1) is 0 Å². The molecule has 0 aromatic rings. The van der Waals surface area contributed by atoms with E-state index in [9.17, 15) is 0 Å². The lowest BCUT2D eigenvalue weighted by Crippen LogP contribution is -2.50. The minimum atomic E-state index is 0.693. The molecule has 16 heavy (non-hydrogen) atoms. The molecule has 1 fully saturated rings. The summed E-state index contributed by atoms with van der Waals surface area (Å²) in [6, 6.07) is 2.25. The molecule has 2 heteroatoms. The molecule has 96 valence electrons. The van der Waals surface area contributed by atoms with Crippen molar-refractivity contribution < 1.29 is 0 Å². The van der Waals surface area contributed by atoms with Crippen LogP contribution in [0, 0.1) is 0 Å². The Hall–Kier alpha value is -0.0800. The molecule has 1 rings (SSSR count). The normalized spacial score (nSPS) is 29.2. The number of rotatable bonds is 6. The van der Waals surface area contributed by atoms with E-state index in [0.29, 0.717) is 6.04 Å². The van der Waals surface area contributed by atoms with E-state index in [1.807, 2.05) is 0 Å². The fourth-order valence-corrected chi connectivity index (χ4v) is 2.98. The molecular formula is C14H30N2. The van der Waals surface area contributed by atoms with E-state index in [4.69, 9.17) is 0 Å². The van der Waals surface area contributed by atoms with Gasteiger partial charge >= 0.3 is 0 Å². The number of likely N-dealkylation sites (tertiary alicyclic amines) is 1.